The number of nitrogens with zero attached hydrogens (tertiary/aromatic N) is 1. The fraction of sp³-hybridized carbons (Fsp3) is 0.533. The van der Waals surface area contributed by atoms with Crippen LogP contribution in [-0.2, 0) is 21.3 Å². The lowest BCUT2D eigenvalue weighted by Gasteiger charge is -2.26. The third kappa shape index (κ3) is 5.66. The van der Waals surface area contributed by atoms with Crippen molar-refractivity contribution in [1.82, 2.24) is 14.9 Å². The average molecular weight is 357 g/mol. The van der Waals surface area contributed by atoms with Gasteiger partial charge < -0.3 is 20.1 Å². The average Bonchev–Trinajstić information content (AvgIpc) is 2.61. The van der Waals surface area contributed by atoms with Crippen molar-refractivity contribution in [3.63, 3.8) is 0 Å². The summed E-state index contributed by atoms with van der Waals surface area (Å²) in [5.41, 5.74) is 0.894. The van der Waals surface area contributed by atoms with E-state index in [9.17, 15) is 13.2 Å². The Hall–Kier alpha value is -1.84. The van der Waals surface area contributed by atoms with Crippen LogP contribution in [-0.4, -0.2) is 64.5 Å². The van der Waals surface area contributed by atoms with Crippen LogP contribution in [0.2, 0.25) is 0 Å². The first-order valence-corrected chi connectivity index (χ1v) is 9.32. The van der Waals surface area contributed by atoms with Crippen molar-refractivity contribution in [2.24, 2.45) is 0 Å². The molecule has 2 N–H and O–H groups in total. The van der Waals surface area contributed by atoms with Crippen molar-refractivity contribution < 1.29 is 22.7 Å². The largest absolute Gasteiger partial charge is 0.497 e. The van der Waals surface area contributed by atoms with Crippen molar-refractivity contribution in [3.8, 4) is 5.75 Å². The van der Waals surface area contributed by atoms with Crippen molar-refractivity contribution in [2.75, 3.05) is 45.7 Å². The van der Waals surface area contributed by atoms with Crippen LogP contribution in [0.25, 0.3) is 0 Å². The number of ether oxygens (including phenoxy) is 2. The molecule has 1 saturated heterocycles. The molecule has 1 fully saturated rings. The molecule has 8 nitrogen and oxygen atoms in total. The second kappa shape index (κ2) is 8.86. The Morgan fingerprint density at radius 2 is 2.04 bits per heavy atom. The van der Waals surface area contributed by atoms with Gasteiger partial charge in [-0.25, -0.2) is 13.2 Å². The number of benzene rings is 1. The zero-order valence-corrected chi connectivity index (χ0v) is 14.5. The molecule has 0 atom stereocenters. The molecule has 0 bridgehead atoms. The fourth-order valence-electron chi connectivity index (χ4n) is 2.27. The number of hydrogen-bond acceptors (Lipinski definition) is 5. The zero-order chi connectivity index (χ0) is 17.4. The number of nitrogens with one attached hydrogen (secondary N) is 2. The zero-order valence-electron chi connectivity index (χ0n) is 13.7. The van der Waals surface area contributed by atoms with E-state index in [-0.39, 0.29) is 12.3 Å². The fourth-order valence-corrected chi connectivity index (χ4v) is 3.60. The van der Waals surface area contributed by atoms with Gasteiger partial charge in [-0.05, 0) is 17.7 Å². The van der Waals surface area contributed by atoms with Gasteiger partial charge in [0, 0.05) is 26.2 Å². The number of methoxy groups -OCH3 is 1. The summed E-state index contributed by atoms with van der Waals surface area (Å²) in [7, 11) is -1.78. The molecule has 2 amide bonds. The van der Waals surface area contributed by atoms with E-state index in [1.165, 1.54) is 4.31 Å². The van der Waals surface area contributed by atoms with Crippen LogP contribution in [0, 0.1) is 0 Å². The number of amides is 2. The molecule has 24 heavy (non-hydrogen) atoms. The molecule has 1 aromatic carbocycles. The molecule has 2 rings (SSSR count). The third-order valence-corrected chi connectivity index (χ3v) is 5.47. The lowest BCUT2D eigenvalue weighted by Crippen LogP contribution is -2.44. The Bertz CT molecular complexity index is 644. The highest BCUT2D eigenvalue weighted by Crippen LogP contribution is 2.12. The van der Waals surface area contributed by atoms with Crippen molar-refractivity contribution in [2.45, 2.75) is 6.54 Å². The number of hydrogen-bond donors (Lipinski definition) is 2. The van der Waals surface area contributed by atoms with Gasteiger partial charge in [-0.3, -0.25) is 0 Å². The minimum absolute atomic E-state index is 0.0592. The van der Waals surface area contributed by atoms with Crippen LogP contribution in [0.1, 0.15) is 5.56 Å². The van der Waals surface area contributed by atoms with E-state index in [4.69, 9.17) is 9.47 Å². The van der Waals surface area contributed by atoms with Gasteiger partial charge in [0.2, 0.25) is 10.0 Å². The monoisotopic (exact) mass is 357 g/mol. The summed E-state index contributed by atoms with van der Waals surface area (Å²) in [5, 5.41) is 5.24. The van der Waals surface area contributed by atoms with Gasteiger partial charge in [0.15, 0.2) is 0 Å². The van der Waals surface area contributed by atoms with E-state index in [1.54, 1.807) is 7.11 Å². The van der Waals surface area contributed by atoms with E-state index in [0.717, 1.165) is 5.56 Å². The molecule has 0 saturated carbocycles. The second-order valence-corrected chi connectivity index (χ2v) is 7.38. The number of carbonyl (C=O) groups is 1. The highest BCUT2D eigenvalue weighted by atomic mass is 32.2. The summed E-state index contributed by atoms with van der Waals surface area (Å²) in [6, 6.07) is 6.94. The first-order valence-electron chi connectivity index (χ1n) is 7.71. The Kier molecular flexibility index (Phi) is 6.83. The van der Waals surface area contributed by atoms with Crippen LogP contribution < -0.4 is 15.4 Å². The molecule has 1 aliphatic rings. The van der Waals surface area contributed by atoms with Crippen LogP contribution in [0.4, 0.5) is 4.79 Å². The molecule has 1 heterocycles. The van der Waals surface area contributed by atoms with E-state index >= 15 is 0 Å². The quantitative estimate of drug-likeness (QED) is 0.724. The van der Waals surface area contributed by atoms with Crippen LogP contribution >= 0.6 is 0 Å². The van der Waals surface area contributed by atoms with Gasteiger partial charge >= 0.3 is 6.03 Å². The molecule has 1 aromatic rings. The lowest BCUT2D eigenvalue weighted by molar-refractivity contribution is 0.0730. The molecule has 9 heteroatoms. The number of rotatable bonds is 7. The number of sulfonamides is 1. The van der Waals surface area contributed by atoms with Crippen LogP contribution in [0.3, 0.4) is 0 Å². The molecule has 1 aliphatic heterocycles. The third-order valence-electron chi connectivity index (χ3n) is 3.60. The molecular weight excluding hydrogens is 334 g/mol. The molecule has 0 aliphatic carbocycles. The minimum Gasteiger partial charge on any atom is -0.497 e. The predicted octanol–water partition coefficient (Wildman–Crippen LogP) is 0.156. The van der Waals surface area contributed by atoms with Gasteiger partial charge in [-0.15, -0.1) is 0 Å². The molecule has 0 unspecified atom stereocenters. The maximum Gasteiger partial charge on any atom is 0.315 e. The lowest BCUT2D eigenvalue weighted by atomic mass is 10.2. The van der Waals surface area contributed by atoms with Crippen molar-refractivity contribution in [3.05, 3.63) is 29.8 Å². The van der Waals surface area contributed by atoms with Gasteiger partial charge in [0.25, 0.3) is 0 Å². The topological polar surface area (TPSA) is 97.0 Å². The summed E-state index contributed by atoms with van der Waals surface area (Å²) >= 11 is 0. The van der Waals surface area contributed by atoms with Gasteiger partial charge in [-0.2, -0.15) is 4.31 Å². The molecular formula is C15H23N3O5S. The van der Waals surface area contributed by atoms with Crippen molar-refractivity contribution >= 4 is 16.1 Å². The first kappa shape index (κ1) is 18.5. The maximum absolute atomic E-state index is 12.1. The standard InChI is InChI=1S/C15H23N3O5S/c1-22-14-4-2-3-13(11-14)12-17-15(19)16-5-10-24(20,21)18-6-8-23-9-7-18/h2-4,11H,5-10,12H2,1H3,(H2,16,17,19). The smallest absolute Gasteiger partial charge is 0.315 e. The van der Waals surface area contributed by atoms with E-state index < -0.39 is 16.1 Å². The van der Waals surface area contributed by atoms with E-state index in [0.29, 0.717) is 38.6 Å². The van der Waals surface area contributed by atoms with Gasteiger partial charge in [-0.1, -0.05) is 12.1 Å². The Labute approximate surface area is 142 Å². The molecule has 0 radical (unpaired) electrons. The normalized spacial score (nSPS) is 15.7. The highest BCUT2D eigenvalue weighted by molar-refractivity contribution is 7.89. The molecule has 0 aromatic heterocycles. The maximum atomic E-state index is 12.1. The number of carbonyl (C=O) groups excluding carboxylic acids is 1. The van der Waals surface area contributed by atoms with Crippen LogP contribution in [0.5, 0.6) is 5.75 Å². The van der Waals surface area contributed by atoms with E-state index in [1.807, 2.05) is 24.3 Å². The summed E-state index contributed by atoms with van der Waals surface area (Å²) in [6.07, 6.45) is 0. The second-order valence-electron chi connectivity index (χ2n) is 5.29. The SMILES string of the molecule is COc1cccc(CNC(=O)NCCS(=O)(=O)N2CCOCC2)c1. The van der Waals surface area contributed by atoms with Crippen molar-refractivity contribution in [1.29, 1.82) is 0 Å². The van der Waals surface area contributed by atoms with Gasteiger partial charge in [0.05, 0.1) is 26.1 Å². The van der Waals surface area contributed by atoms with E-state index in [2.05, 4.69) is 10.6 Å². The van der Waals surface area contributed by atoms with Crippen LogP contribution in [0.15, 0.2) is 24.3 Å². The summed E-state index contributed by atoms with van der Waals surface area (Å²) in [5.74, 6) is 0.589. The van der Waals surface area contributed by atoms with Gasteiger partial charge in [0.1, 0.15) is 5.75 Å². The predicted molar refractivity (Wildman–Crippen MR) is 89.4 cm³/mol. The Balaban J connectivity index is 1.71. The summed E-state index contributed by atoms with van der Waals surface area (Å²) in [6.45, 7) is 1.94. The number of urea groups is 1. The first-order chi connectivity index (χ1) is 11.5. The number of morpholine rings is 1. The summed E-state index contributed by atoms with van der Waals surface area (Å²) < 4.78 is 35.8. The highest BCUT2D eigenvalue weighted by Gasteiger charge is 2.23. The molecule has 134 valence electrons. The Morgan fingerprint density at radius 3 is 2.75 bits per heavy atom. The Morgan fingerprint density at radius 1 is 1.29 bits per heavy atom. The summed E-state index contributed by atoms with van der Waals surface area (Å²) in [4.78, 5) is 11.8. The molecule has 0 spiro atoms. The minimum atomic E-state index is -3.36.